The molecule has 25 heavy (non-hydrogen) atoms. The molecule has 1 aromatic carbocycles. The molecule has 130 valence electrons. The van der Waals surface area contributed by atoms with Crippen LogP contribution in [0.15, 0.2) is 41.2 Å². The predicted octanol–water partition coefficient (Wildman–Crippen LogP) is 3.21. The van der Waals surface area contributed by atoms with Crippen LogP contribution in [-0.4, -0.2) is 37.4 Å². The first kappa shape index (κ1) is 16.0. The van der Waals surface area contributed by atoms with Crippen molar-refractivity contribution < 1.29 is 4.52 Å². The molecular formula is C19H23N5O. The number of aromatic nitrogens is 4. The molecule has 1 atom stereocenters. The summed E-state index contributed by atoms with van der Waals surface area (Å²) >= 11 is 0. The van der Waals surface area contributed by atoms with Gasteiger partial charge < -0.3 is 4.52 Å². The fourth-order valence-corrected chi connectivity index (χ4v) is 3.41. The minimum atomic E-state index is 0.473. The molecule has 1 aliphatic rings. The molecule has 0 spiro atoms. The number of likely N-dealkylation sites (tertiary alicyclic amines) is 1. The van der Waals surface area contributed by atoms with Crippen LogP contribution in [0.25, 0.3) is 11.5 Å². The van der Waals surface area contributed by atoms with Gasteiger partial charge in [-0.25, -0.2) is 0 Å². The summed E-state index contributed by atoms with van der Waals surface area (Å²) in [6, 6.07) is 8.63. The molecular weight excluding hydrogens is 314 g/mol. The Labute approximate surface area is 147 Å². The molecule has 4 rings (SSSR count). The van der Waals surface area contributed by atoms with E-state index in [1.54, 1.807) is 0 Å². The van der Waals surface area contributed by atoms with Crippen molar-refractivity contribution >= 4 is 0 Å². The van der Waals surface area contributed by atoms with Crippen LogP contribution in [0.5, 0.6) is 0 Å². The van der Waals surface area contributed by atoms with Gasteiger partial charge in [-0.05, 0) is 50.9 Å². The maximum Gasteiger partial charge on any atom is 0.257 e. The van der Waals surface area contributed by atoms with Crippen molar-refractivity contribution in [2.24, 2.45) is 0 Å². The normalized spacial score (nSPS) is 18.1. The largest absolute Gasteiger partial charge is 0.334 e. The molecule has 0 N–H and O–H groups in total. The Bertz CT molecular complexity index is 836. The van der Waals surface area contributed by atoms with Gasteiger partial charge in [-0.15, -0.1) is 0 Å². The quantitative estimate of drug-likeness (QED) is 0.715. The van der Waals surface area contributed by atoms with Crippen LogP contribution in [-0.2, 0) is 13.1 Å². The Kier molecular flexibility index (Phi) is 4.36. The zero-order chi connectivity index (χ0) is 17.2. The SMILES string of the molecule is Cc1ccc(-c2nc(CN3CCC[C@H]3Cn3cc(C)cn3)no2)cc1. The summed E-state index contributed by atoms with van der Waals surface area (Å²) in [6.07, 6.45) is 6.39. The van der Waals surface area contributed by atoms with E-state index in [9.17, 15) is 0 Å². The topological polar surface area (TPSA) is 60.0 Å². The number of rotatable bonds is 5. The van der Waals surface area contributed by atoms with Crippen molar-refractivity contribution in [2.75, 3.05) is 6.54 Å². The van der Waals surface area contributed by atoms with Gasteiger partial charge in [-0.2, -0.15) is 10.1 Å². The molecule has 3 aromatic rings. The van der Waals surface area contributed by atoms with Crippen molar-refractivity contribution in [2.45, 2.75) is 45.8 Å². The molecule has 2 aromatic heterocycles. The van der Waals surface area contributed by atoms with E-state index in [1.807, 2.05) is 23.0 Å². The molecule has 3 heterocycles. The maximum absolute atomic E-state index is 5.45. The van der Waals surface area contributed by atoms with Crippen LogP contribution in [0, 0.1) is 13.8 Å². The second-order valence-electron chi connectivity index (χ2n) is 6.89. The van der Waals surface area contributed by atoms with E-state index >= 15 is 0 Å². The molecule has 6 nitrogen and oxygen atoms in total. The first-order chi connectivity index (χ1) is 12.2. The molecule has 0 radical (unpaired) electrons. The first-order valence-electron chi connectivity index (χ1n) is 8.80. The zero-order valence-corrected chi connectivity index (χ0v) is 14.7. The van der Waals surface area contributed by atoms with Crippen molar-refractivity contribution in [1.82, 2.24) is 24.8 Å². The summed E-state index contributed by atoms with van der Waals surface area (Å²) in [5.74, 6) is 1.34. The molecule has 1 fully saturated rings. The van der Waals surface area contributed by atoms with E-state index in [0.29, 0.717) is 11.9 Å². The maximum atomic E-state index is 5.45. The molecule has 0 bridgehead atoms. The van der Waals surface area contributed by atoms with Crippen molar-refractivity contribution in [3.05, 3.63) is 53.6 Å². The van der Waals surface area contributed by atoms with Gasteiger partial charge in [0.25, 0.3) is 5.89 Å². The Morgan fingerprint density at radius 2 is 2.00 bits per heavy atom. The van der Waals surface area contributed by atoms with Gasteiger partial charge in [0.2, 0.25) is 0 Å². The highest BCUT2D eigenvalue weighted by atomic mass is 16.5. The third-order valence-electron chi connectivity index (χ3n) is 4.77. The van der Waals surface area contributed by atoms with Crippen LogP contribution in [0.4, 0.5) is 0 Å². The third kappa shape index (κ3) is 3.64. The average Bonchev–Trinajstić information content (AvgIpc) is 3.32. The molecule has 0 unspecified atom stereocenters. The molecule has 0 aliphatic carbocycles. The summed E-state index contributed by atoms with van der Waals surface area (Å²) in [7, 11) is 0. The monoisotopic (exact) mass is 337 g/mol. The summed E-state index contributed by atoms with van der Waals surface area (Å²) < 4.78 is 7.49. The highest BCUT2D eigenvalue weighted by molar-refractivity contribution is 5.53. The van der Waals surface area contributed by atoms with E-state index in [2.05, 4.69) is 52.3 Å². The molecule has 0 saturated carbocycles. The Morgan fingerprint density at radius 1 is 1.16 bits per heavy atom. The van der Waals surface area contributed by atoms with Crippen LogP contribution in [0.1, 0.15) is 29.8 Å². The number of nitrogens with zero attached hydrogens (tertiary/aromatic N) is 5. The van der Waals surface area contributed by atoms with Gasteiger partial charge in [0.05, 0.1) is 19.3 Å². The van der Waals surface area contributed by atoms with Gasteiger partial charge in [0.1, 0.15) is 0 Å². The van der Waals surface area contributed by atoms with E-state index in [0.717, 1.165) is 31.0 Å². The van der Waals surface area contributed by atoms with E-state index in [1.165, 1.54) is 24.0 Å². The standard InChI is InChI=1S/C19H23N5O/c1-14-5-7-16(8-6-14)19-21-18(22-25-19)13-23-9-3-4-17(23)12-24-11-15(2)10-20-24/h5-8,10-11,17H,3-4,9,12-13H2,1-2H3/t17-/m0/s1. The molecule has 1 aliphatic heterocycles. The van der Waals surface area contributed by atoms with Crippen LogP contribution < -0.4 is 0 Å². The van der Waals surface area contributed by atoms with Gasteiger partial charge in [-0.1, -0.05) is 22.9 Å². The minimum Gasteiger partial charge on any atom is -0.334 e. The van der Waals surface area contributed by atoms with Gasteiger partial charge >= 0.3 is 0 Å². The van der Waals surface area contributed by atoms with Crippen LogP contribution in [0.3, 0.4) is 0 Å². The number of aryl methyl sites for hydroxylation is 2. The average molecular weight is 337 g/mol. The second kappa shape index (κ2) is 6.80. The van der Waals surface area contributed by atoms with E-state index in [4.69, 9.17) is 4.52 Å². The summed E-state index contributed by atoms with van der Waals surface area (Å²) in [4.78, 5) is 7.01. The summed E-state index contributed by atoms with van der Waals surface area (Å²) in [5, 5.41) is 8.59. The highest BCUT2D eigenvalue weighted by Gasteiger charge is 2.26. The van der Waals surface area contributed by atoms with Gasteiger partial charge in [-0.3, -0.25) is 9.58 Å². The predicted molar refractivity (Wildman–Crippen MR) is 94.9 cm³/mol. The number of hydrogen-bond acceptors (Lipinski definition) is 5. The third-order valence-corrected chi connectivity index (χ3v) is 4.77. The van der Waals surface area contributed by atoms with Crippen molar-refractivity contribution in [1.29, 1.82) is 0 Å². The molecule has 1 saturated heterocycles. The fraction of sp³-hybridized carbons (Fsp3) is 0.421. The molecule has 0 amide bonds. The smallest absolute Gasteiger partial charge is 0.257 e. The highest BCUT2D eigenvalue weighted by Crippen LogP contribution is 2.22. The lowest BCUT2D eigenvalue weighted by Gasteiger charge is -2.22. The van der Waals surface area contributed by atoms with Gasteiger partial charge in [0, 0.05) is 17.8 Å². The second-order valence-corrected chi connectivity index (χ2v) is 6.89. The Morgan fingerprint density at radius 3 is 2.76 bits per heavy atom. The zero-order valence-electron chi connectivity index (χ0n) is 14.7. The van der Waals surface area contributed by atoms with E-state index < -0.39 is 0 Å². The minimum absolute atomic E-state index is 0.473. The Balaban J connectivity index is 1.43. The van der Waals surface area contributed by atoms with Crippen LogP contribution >= 0.6 is 0 Å². The first-order valence-corrected chi connectivity index (χ1v) is 8.80. The van der Waals surface area contributed by atoms with E-state index in [-0.39, 0.29) is 0 Å². The molecule has 6 heteroatoms. The van der Waals surface area contributed by atoms with Crippen molar-refractivity contribution in [3.63, 3.8) is 0 Å². The lowest BCUT2D eigenvalue weighted by Crippen LogP contribution is -2.33. The summed E-state index contributed by atoms with van der Waals surface area (Å²) in [5.41, 5.74) is 3.39. The fourth-order valence-electron chi connectivity index (χ4n) is 3.41. The Hall–Kier alpha value is -2.47. The van der Waals surface area contributed by atoms with Gasteiger partial charge in [0.15, 0.2) is 5.82 Å². The summed E-state index contributed by atoms with van der Waals surface area (Å²) in [6.45, 7) is 6.84. The lowest BCUT2D eigenvalue weighted by atomic mass is 10.1. The van der Waals surface area contributed by atoms with Crippen molar-refractivity contribution in [3.8, 4) is 11.5 Å². The lowest BCUT2D eigenvalue weighted by molar-refractivity contribution is 0.211. The number of benzene rings is 1. The number of hydrogen-bond donors (Lipinski definition) is 0. The van der Waals surface area contributed by atoms with Crippen LogP contribution in [0.2, 0.25) is 0 Å².